The van der Waals surface area contributed by atoms with Crippen molar-refractivity contribution in [3.05, 3.63) is 60.3 Å². The lowest BCUT2D eigenvalue weighted by atomic mass is 9.95. The van der Waals surface area contributed by atoms with Crippen molar-refractivity contribution in [1.29, 1.82) is 0 Å². The summed E-state index contributed by atoms with van der Waals surface area (Å²) in [5, 5.41) is 0. The van der Waals surface area contributed by atoms with Gasteiger partial charge in [0.05, 0.1) is 13.2 Å². The third-order valence-electron chi connectivity index (χ3n) is 4.81. The second-order valence-corrected chi connectivity index (χ2v) is 6.63. The fourth-order valence-corrected chi connectivity index (χ4v) is 3.33. The molecule has 142 valence electrons. The molecule has 2 N–H and O–H groups in total. The fourth-order valence-electron chi connectivity index (χ4n) is 3.33. The van der Waals surface area contributed by atoms with E-state index in [2.05, 4.69) is 15.0 Å². The predicted molar refractivity (Wildman–Crippen MR) is 107 cm³/mol. The van der Waals surface area contributed by atoms with Gasteiger partial charge in [0, 0.05) is 54.1 Å². The Morgan fingerprint density at radius 1 is 1.00 bits per heavy atom. The Kier molecular flexibility index (Phi) is 4.99. The molecule has 4 heterocycles. The summed E-state index contributed by atoms with van der Waals surface area (Å²) in [6.45, 7) is 4.29. The first-order chi connectivity index (χ1) is 13.6. The van der Waals surface area contributed by atoms with Gasteiger partial charge in [0.25, 0.3) is 5.91 Å². The first kappa shape index (κ1) is 18.1. The van der Waals surface area contributed by atoms with Gasteiger partial charge in [-0.15, -0.1) is 0 Å². The number of carbonyl (C=O) groups excluding carboxylic acids is 1. The topological polar surface area (TPSA) is 94.2 Å². The molecule has 1 aliphatic heterocycles. The number of nitrogens with zero attached hydrogens (tertiary/aromatic N) is 4. The van der Waals surface area contributed by atoms with Crippen molar-refractivity contribution < 1.29 is 9.53 Å². The molecule has 1 fully saturated rings. The average Bonchev–Trinajstić information content (AvgIpc) is 2.75. The Hall–Kier alpha value is -3.32. The van der Waals surface area contributed by atoms with Gasteiger partial charge in [-0.25, -0.2) is 4.98 Å². The number of hydrogen-bond acceptors (Lipinski definition) is 6. The van der Waals surface area contributed by atoms with Gasteiger partial charge in [0.15, 0.2) is 0 Å². The van der Waals surface area contributed by atoms with Crippen molar-refractivity contribution in [3.8, 4) is 22.3 Å². The molecule has 0 bridgehead atoms. The molecule has 0 aliphatic carbocycles. The van der Waals surface area contributed by atoms with Crippen LogP contribution in [-0.2, 0) is 4.74 Å². The number of aromatic nitrogens is 3. The summed E-state index contributed by atoms with van der Waals surface area (Å²) in [5.74, 6) is 0.406. The monoisotopic (exact) mass is 375 g/mol. The van der Waals surface area contributed by atoms with E-state index in [9.17, 15) is 4.79 Å². The number of aryl methyl sites for hydroxylation is 1. The maximum atomic E-state index is 12.6. The van der Waals surface area contributed by atoms with Crippen LogP contribution in [0.15, 0.2) is 48.9 Å². The average molecular weight is 375 g/mol. The van der Waals surface area contributed by atoms with Crippen LogP contribution in [-0.4, -0.2) is 52.1 Å². The van der Waals surface area contributed by atoms with E-state index in [1.54, 1.807) is 35.6 Å². The zero-order chi connectivity index (χ0) is 19.5. The van der Waals surface area contributed by atoms with Crippen LogP contribution in [0.2, 0.25) is 0 Å². The van der Waals surface area contributed by atoms with Crippen LogP contribution in [0.5, 0.6) is 0 Å². The summed E-state index contributed by atoms with van der Waals surface area (Å²) in [5.41, 5.74) is 10.8. The van der Waals surface area contributed by atoms with Gasteiger partial charge in [-0.3, -0.25) is 14.8 Å². The van der Waals surface area contributed by atoms with Crippen LogP contribution in [0, 0.1) is 6.92 Å². The molecule has 3 aromatic rings. The van der Waals surface area contributed by atoms with E-state index in [4.69, 9.17) is 10.5 Å². The predicted octanol–water partition coefficient (Wildman–Crippen LogP) is 2.57. The molecule has 0 spiro atoms. The quantitative estimate of drug-likeness (QED) is 0.756. The van der Waals surface area contributed by atoms with Crippen molar-refractivity contribution in [2.24, 2.45) is 0 Å². The minimum Gasteiger partial charge on any atom is -0.384 e. The van der Waals surface area contributed by atoms with Gasteiger partial charge in [-0.1, -0.05) is 6.07 Å². The van der Waals surface area contributed by atoms with Crippen LogP contribution in [0.4, 0.5) is 5.82 Å². The number of nitrogen functional groups attached to an aromatic ring is 1. The zero-order valence-corrected chi connectivity index (χ0v) is 15.6. The van der Waals surface area contributed by atoms with E-state index >= 15 is 0 Å². The van der Waals surface area contributed by atoms with Gasteiger partial charge in [0.2, 0.25) is 0 Å². The highest BCUT2D eigenvalue weighted by atomic mass is 16.5. The molecule has 4 rings (SSSR count). The van der Waals surface area contributed by atoms with Crippen LogP contribution in [0.1, 0.15) is 16.2 Å². The maximum absolute atomic E-state index is 12.6. The van der Waals surface area contributed by atoms with E-state index in [1.165, 1.54) is 0 Å². The van der Waals surface area contributed by atoms with Crippen LogP contribution in [0.3, 0.4) is 0 Å². The molecular weight excluding hydrogens is 354 g/mol. The van der Waals surface area contributed by atoms with Gasteiger partial charge in [0.1, 0.15) is 11.5 Å². The minimum absolute atomic E-state index is 0.0660. The van der Waals surface area contributed by atoms with Crippen LogP contribution < -0.4 is 5.73 Å². The third kappa shape index (κ3) is 3.57. The molecule has 7 heteroatoms. The normalized spacial score (nSPS) is 14.1. The highest BCUT2D eigenvalue weighted by Gasteiger charge is 2.20. The molecule has 0 atom stereocenters. The zero-order valence-electron chi connectivity index (χ0n) is 15.6. The number of nitrogens with two attached hydrogens (primary N) is 1. The Balaban J connectivity index is 1.67. The lowest BCUT2D eigenvalue weighted by molar-refractivity contribution is 0.0299. The van der Waals surface area contributed by atoms with Crippen LogP contribution >= 0.6 is 0 Å². The molecular formula is C21H21N5O2. The van der Waals surface area contributed by atoms with Crippen LogP contribution in [0.25, 0.3) is 22.3 Å². The van der Waals surface area contributed by atoms with Crippen molar-refractivity contribution in [3.63, 3.8) is 0 Å². The second-order valence-electron chi connectivity index (χ2n) is 6.63. The van der Waals surface area contributed by atoms with Gasteiger partial charge in [-0.05, 0) is 36.8 Å². The number of amides is 1. The molecule has 1 aliphatic rings. The largest absolute Gasteiger partial charge is 0.384 e. The smallest absolute Gasteiger partial charge is 0.272 e. The van der Waals surface area contributed by atoms with Crippen molar-refractivity contribution in [2.45, 2.75) is 6.92 Å². The molecule has 0 saturated carbocycles. The SMILES string of the molecule is Cc1nccc(-c2ccc(C(=O)N3CCOCC3)nc2)c1-c1ccc(N)nc1. The van der Waals surface area contributed by atoms with E-state index < -0.39 is 0 Å². The number of carbonyl (C=O) groups is 1. The summed E-state index contributed by atoms with van der Waals surface area (Å²) >= 11 is 0. The summed E-state index contributed by atoms with van der Waals surface area (Å²) in [4.78, 5) is 27.4. The van der Waals surface area contributed by atoms with E-state index in [1.807, 2.05) is 25.1 Å². The molecule has 0 aromatic carbocycles. The standard InChI is InChI=1S/C21H21N5O2/c1-14-20(16-3-5-19(22)25-13-16)17(6-7-23-14)15-2-4-18(24-12-15)21(27)26-8-10-28-11-9-26/h2-7,12-13H,8-11H2,1H3,(H2,22,25). The third-order valence-corrected chi connectivity index (χ3v) is 4.81. The Morgan fingerprint density at radius 3 is 2.43 bits per heavy atom. The summed E-state index contributed by atoms with van der Waals surface area (Å²) < 4.78 is 5.30. The fraction of sp³-hybridized carbons (Fsp3) is 0.238. The molecule has 1 amide bonds. The number of rotatable bonds is 3. The Labute approximate surface area is 163 Å². The number of pyridine rings is 3. The number of hydrogen-bond donors (Lipinski definition) is 1. The molecule has 1 saturated heterocycles. The van der Waals surface area contributed by atoms with Crippen molar-refractivity contribution in [1.82, 2.24) is 19.9 Å². The first-order valence-corrected chi connectivity index (χ1v) is 9.14. The molecule has 28 heavy (non-hydrogen) atoms. The van der Waals surface area contributed by atoms with Gasteiger partial charge < -0.3 is 15.4 Å². The molecule has 7 nitrogen and oxygen atoms in total. The molecule has 0 unspecified atom stereocenters. The minimum atomic E-state index is -0.0660. The van der Waals surface area contributed by atoms with Crippen molar-refractivity contribution in [2.75, 3.05) is 32.0 Å². The number of anilines is 1. The number of ether oxygens (including phenoxy) is 1. The van der Waals surface area contributed by atoms with Crippen molar-refractivity contribution >= 4 is 11.7 Å². The summed E-state index contributed by atoms with van der Waals surface area (Å²) in [6.07, 6.45) is 5.25. The van der Waals surface area contributed by atoms with E-state index in [-0.39, 0.29) is 5.91 Å². The Morgan fingerprint density at radius 2 is 1.75 bits per heavy atom. The highest BCUT2D eigenvalue weighted by molar-refractivity contribution is 5.93. The maximum Gasteiger partial charge on any atom is 0.272 e. The van der Waals surface area contributed by atoms with Gasteiger partial charge in [-0.2, -0.15) is 0 Å². The van der Waals surface area contributed by atoms with E-state index in [0.717, 1.165) is 27.9 Å². The van der Waals surface area contributed by atoms with E-state index in [0.29, 0.717) is 37.8 Å². The lowest BCUT2D eigenvalue weighted by Gasteiger charge is -2.26. The summed E-state index contributed by atoms with van der Waals surface area (Å²) in [6, 6.07) is 9.34. The molecule has 0 radical (unpaired) electrons. The van der Waals surface area contributed by atoms with Gasteiger partial charge >= 0.3 is 0 Å². The summed E-state index contributed by atoms with van der Waals surface area (Å²) in [7, 11) is 0. The Bertz CT molecular complexity index is 981. The highest BCUT2D eigenvalue weighted by Crippen LogP contribution is 2.33. The lowest BCUT2D eigenvalue weighted by Crippen LogP contribution is -2.41. The second kappa shape index (κ2) is 7.74. The molecule has 3 aromatic heterocycles. The number of morpholine rings is 1. The first-order valence-electron chi connectivity index (χ1n) is 9.14.